The highest BCUT2D eigenvalue weighted by atomic mass is 35.5. The molecule has 1 aliphatic heterocycles. The summed E-state index contributed by atoms with van der Waals surface area (Å²) in [5.74, 6) is 0.767. The second kappa shape index (κ2) is 5.57. The maximum atomic E-state index is 11.0. The zero-order valence-electron chi connectivity index (χ0n) is 11.1. The quantitative estimate of drug-likeness (QED) is 0.878. The first kappa shape index (κ1) is 15.4. The van der Waals surface area contributed by atoms with E-state index in [9.17, 15) is 9.90 Å². The molecule has 1 amide bonds. The predicted molar refractivity (Wildman–Crippen MR) is 73.0 cm³/mol. The molecule has 2 N–H and O–H groups in total. The summed E-state index contributed by atoms with van der Waals surface area (Å²) in [6, 6.07) is 4.64. The first-order valence-corrected chi connectivity index (χ1v) is 5.80. The average Bonchev–Trinajstić information content (AvgIpc) is 2.66. The Balaban J connectivity index is 0.00000180. The second-order valence-corrected chi connectivity index (χ2v) is 5.23. The van der Waals surface area contributed by atoms with Crippen molar-refractivity contribution in [2.45, 2.75) is 32.4 Å². The molecule has 19 heavy (non-hydrogen) atoms. The highest BCUT2D eigenvalue weighted by Crippen LogP contribution is 2.31. The van der Waals surface area contributed by atoms with Crippen LogP contribution >= 0.6 is 12.4 Å². The van der Waals surface area contributed by atoms with Gasteiger partial charge in [0.1, 0.15) is 23.7 Å². The zero-order valence-corrected chi connectivity index (χ0v) is 11.9. The Kier molecular flexibility index (Phi) is 4.52. The molecule has 2 rings (SSSR count). The molecular weight excluding hydrogens is 270 g/mol. The van der Waals surface area contributed by atoms with E-state index in [0.717, 1.165) is 0 Å². The molecule has 0 spiro atoms. The van der Waals surface area contributed by atoms with E-state index in [1.807, 2.05) is 20.8 Å². The number of carbonyl (C=O) groups is 1. The monoisotopic (exact) mass is 287 g/mol. The zero-order chi connectivity index (χ0) is 13.3. The predicted octanol–water partition coefficient (Wildman–Crippen LogP) is 2.77. The Morgan fingerprint density at radius 2 is 2.11 bits per heavy atom. The van der Waals surface area contributed by atoms with Gasteiger partial charge in [-0.1, -0.05) is 0 Å². The van der Waals surface area contributed by atoms with E-state index < -0.39 is 6.09 Å². The van der Waals surface area contributed by atoms with Crippen molar-refractivity contribution in [2.24, 2.45) is 0 Å². The lowest BCUT2D eigenvalue weighted by Gasteiger charge is -2.22. The smallest absolute Gasteiger partial charge is 0.407 e. The van der Waals surface area contributed by atoms with E-state index in [0.29, 0.717) is 11.3 Å². The molecule has 1 fully saturated rings. The number of ether oxygens (including phenoxy) is 2. The molecule has 0 aliphatic carbocycles. The van der Waals surface area contributed by atoms with Crippen molar-refractivity contribution in [3.05, 3.63) is 23.8 Å². The number of hydrogen-bond acceptors (Lipinski definition) is 4. The summed E-state index contributed by atoms with van der Waals surface area (Å²) in [4.78, 5) is 11.0. The van der Waals surface area contributed by atoms with Gasteiger partial charge >= 0.3 is 6.09 Å². The lowest BCUT2D eigenvalue weighted by atomic mass is 10.1. The fraction of sp³-hybridized carbons (Fsp3) is 0.462. The van der Waals surface area contributed by atoms with Gasteiger partial charge in [0, 0.05) is 5.56 Å². The molecule has 1 atom stereocenters. The van der Waals surface area contributed by atoms with E-state index in [-0.39, 0.29) is 36.4 Å². The topological polar surface area (TPSA) is 67.8 Å². The Morgan fingerprint density at radius 1 is 1.42 bits per heavy atom. The van der Waals surface area contributed by atoms with Crippen LogP contribution < -0.4 is 10.1 Å². The molecule has 106 valence electrons. The van der Waals surface area contributed by atoms with Crippen LogP contribution in [0.5, 0.6) is 11.5 Å². The minimum atomic E-state index is -0.471. The number of cyclic esters (lactones) is 1. The van der Waals surface area contributed by atoms with Gasteiger partial charge < -0.3 is 19.9 Å². The summed E-state index contributed by atoms with van der Waals surface area (Å²) in [6.45, 7) is 6.05. The van der Waals surface area contributed by atoms with E-state index in [2.05, 4.69) is 5.32 Å². The molecule has 1 aromatic rings. The number of hydrogen-bond donors (Lipinski definition) is 2. The van der Waals surface area contributed by atoms with Gasteiger partial charge in [0.15, 0.2) is 0 Å². The normalized spacial score (nSPS) is 18.3. The minimum absolute atomic E-state index is 0. The molecule has 0 radical (unpaired) electrons. The number of phenolic OH excluding ortho intramolecular Hbond substituents is 1. The number of carbonyl (C=O) groups excluding carboxylic acids is 1. The molecule has 0 bridgehead atoms. The number of alkyl carbamates (subject to hydrolysis) is 1. The highest BCUT2D eigenvalue weighted by Gasteiger charge is 2.26. The van der Waals surface area contributed by atoms with Crippen LogP contribution in [0.4, 0.5) is 4.79 Å². The van der Waals surface area contributed by atoms with Crippen LogP contribution in [0.3, 0.4) is 0 Å². The fourth-order valence-electron chi connectivity index (χ4n) is 1.78. The molecule has 0 unspecified atom stereocenters. The number of rotatable bonds is 2. The second-order valence-electron chi connectivity index (χ2n) is 5.23. The average molecular weight is 288 g/mol. The van der Waals surface area contributed by atoms with Crippen LogP contribution in [-0.4, -0.2) is 23.4 Å². The summed E-state index contributed by atoms with van der Waals surface area (Å²) in [6.07, 6.45) is -0.471. The Hall–Kier alpha value is -1.62. The van der Waals surface area contributed by atoms with Gasteiger partial charge in [0.2, 0.25) is 0 Å². The summed E-state index contributed by atoms with van der Waals surface area (Å²) >= 11 is 0. The van der Waals surface area contributed by atoms with Gasteiger partial charge in [0.05, 0.1) is 6.04 Å². The van der Waals surface area contributed by atoms with Gasteiger partial charge in [-0.25, -0.2) is 4.79 Å². The SMILES string of the molecule is CC(C)(C)Oc1ccc(O)c([C@H]2COC(=O)N2)c1.Cl. The number of aromatic hydroxyl groups is 1. The Morgan fingerprint density at radius 3 is 2.63 bits per heavy atom. The number of halogens is 1. The molecule has 1 aliphatic rings. The number of nitrogens with one attached hydrogen (secondary N) is 1. The minimum Gasteiger partial charge on any atom is -0.508 e. The first-order valence-electron chi connectivity index (χ1n) is 5.80. The first-order chi connectivity index (χ1) is 8.35. The maximum Gasteiger partial charge on any atom is 0.407 e. The van der Waals surface area contributed by atoms with Crippen LogP contribution in [-0.2, 0) is 4.74 Å². The van der Waals surface area contributed by atoms with Gasteiger partial charge in [-0.2, -0.15) is 0 Å². The van der Waals surface area contributed by atoms with Crippen LogP contribution in [0.15, 0.2) is 18.2 Å². The summed E-state index contributed by atoms with van der Waals surface area (Å²) in [7, 11) is 0. The number of benzene rings is 1. The van der Waals surface area contributed by atoms with E-state index in [1.165, 1.54) is 0 Å². The lowest BCUT2D eigenvalue weighted by molar-refractivity contribution is 0.130. The van der Waals surface area contributed by atoms with Crippen LogP contribution in [0, 0.1) is 0 Å². The van der Waals surface area contributed by atoms with Gasteiger partial charge in [-0.3, -0.25) is 0 Å². The van der Waals surface area contributed by atoms with E-state index in [4.69, 9.17) is 9.47 Å². The summed E-state index contributed by atoms with van der Waals surface area (Å²) in [5, 5.41) is 12.4. The molecule has 1 aromatic carbocycles. The summed E-state index contributed by atoms with van der Waals surface area (Å²) < 4.78 is 10.5. The van der Waals surface area contributed by atoms with Gasteiger partial charge in [-0.05, 0) is 39.0 Å². The van der Waals surface area contributed by atoms with Crippen LogP contribution in [0.1, 0.15) is 32.4 Å². The Bertz CT molecular complexity index is 470. The van der Waals surface area contributed by atoms with E-state index in [1.54, 1.807) is 18.2 Å². The molecular formula is C13H18ClNO4. The van der Waals surface area contributed by atoms with Gasteiger partial charge in [0.25, 0.3) is 0 Å². The van der Waals surface area contributed by atoms with Crippen molar-refractivity contribution in [1.82, 2.24) is 5.32 Å². The highest BCUT2D eigenvalue weighted by molar-refractivity contribution is 5.85. The molecule has 0 aromatic heterocycles. The third-order valence-electron chi connectivity index (χ3n) is 2.47. The van der Waals surface area contributed by atoms with Crippen molar-refractivity contribution in [1.29, 1.82) is 0 Å². The van der Waals surface area contributed by atoms with Crippen molar-refractivity contribution < 1.29 is 19.4 Å². The Labute approximate surface area is 118 Å². The van der Waals surface area contributed by atoms with Crippen molar-refractivity contribution in [3.8, 4) is 11.5 Å². The number of phenols is 1. The largest absolute Gasteiger partial charge is 0.508 e. The van der Waals surface area contributed by atoms with E-state index >= 15 is 0 Å². The summed E-state index contributed by atoms with van der Waals surface area (Å²) in [5.41, 5.74) is 0.284. The van der Waals surface area contributed by atoms with Crippen LogP contribution in [0.2, 0.25) is 0 Å². The van der Waals surface area contributed by atoms with Crippen molar-refractivity contribution in [3.63, 3.8) is 0 Å². The van der Waals surface area contributed by atoms with Crippen molar-refractivity contribution >= 4 is 18.5 Å². The standard InChI is InChI=1S/C13H17NO4.ClH/c1-13(2,3)18-8-4-5-11(15)9(6-8)10-7-17-12(16)14-10;/h4-6,10,15H,7H2,1-3H3,(H,14,16);1H/t10-;/m1./s1. The molecule has 1 saturated heterocycles. The third kappa shape index (κ3) is 3.92. The molecule has 1 heterocycles. The van der Waals surface area contributed by atoms with Crippen LogP contribution in [0.25, 0.3) is 0 Å². The third-order valence-corrected chi connectivity index (χ3v) is 2.47. The molecule has 6 heteroatoms. The lowest BCUT2D eigenvalue weighted by Crippen LogP contribution is -2.23. The van der Waals surface area contributed by atoms with Gasteiger partial charge in [-0.15, -0.1) is 12.4 Å². The maximum absolute atomic E-state index is 11.0. The molecule has 0 saturated carbocycles. The van der Waals surface area contributed by atoms with Crippen molar-refractivity contribution in [2.75, 3.05) is 6.61 Å². The number of amides is 1. The fourth-order valence-corrected chi connectivity index (χ4v) is 1.78. The molecule has 5 nitrogen and oxygen atoms in total.